The summed E-state index contributed by atoms with van der Waals surface area (Å²) in [5.74, 6) is 0.169. The molecule has 0 aliphatic carbocycles. The summed E-state index contributed by atoms with van der Waals surface area (Å²) in [5, 5.41) is 0. The Morgan fingerprint density at radius 3 is 1.88 bits per heavy atom. The number of hydrogen-bond donors (Lipinski definition) is 0. The van der Waals surface area contributed by atoms with Gasteiger partial charge in [-0.25, -0.2) is 0 Å². The Morgan fingerprint density at radius 2 is 1.41 bits per heavy atom. The lowest BCUT2D eigenvalue weighted by atomic mass is 10.1. The Kier molecular flexibility index (Phi) is 16.0. The molecule has 0 amide bonds. The van der Waals surface area contributed by atoms with Gasteiger partial charge in [0, 0.05) is 12.8 Å². The van der Waals surface area contributed by atoms with Crippen molar-refractivity contribution in [2.24, 2.45) is 0 Å². The minimum absolute atomic E-state index is 0.0961. The minimum atomic E-state index is -0.0961. The van der Waals surface area contributed by atoms with Crippen LogP contribution in [0.1, 0.15) is 58.8 Å². The molecule has 0 aromatic rings. The van der Waals surface area contributed by atoms with E-state index in [2.05, 4.69) is 13.2 Å². The lowest BCUT2D eigenvalue weighted by molar-refractivity contribution is -0.143. The monoisotopic (exact) mass is 242 g/mol. The minimum Gasteiger partial charge on any atom is -0.466 e. The van der Waals surface area contributed by atoms with Crippen molar-refractivity contribution in [2.75, 3.05) is 6.61 Å². The summed E-state index contributed by atoms with van der Waals surface area (Å²) in [7, 11) is 0. The molecule has 0 N–H and O–H groups in total. The Hall–Kier alpha value is -1.12. The summed E-state index contributed by atoms with van der Waals surface area (Å²) in [4.78, 5) is 21.6. The zero-order chi connectivity index (χ0) is 13.5. The van der Waals surface area contributed by atoms with Crippen LogP contribution in [0.4, 0.5) is 0 Å². The molecule has 0 radical (unpaired) electrons. The van der Waals surface area contributed by atoms with Gasteiger partial charge in [-0.3, -0.25) is 4.79 Å². The summed E-state index contributed by atoms with van der Waals surface area (Å²) in [6.45, 7) is 9.91. The van der Waals surface area contributed by atoms with Crippen molar-refractivity contribution in [1.82, 2.24) is 0 Å². The molecule has 0 heterocycles. The van der Waals surface area contributed by atoms with Crippen molar-refractivity contribution in [1.29, 1.82) is 0 Å². The third-order valence-electron chi connectivity index (χ3n) is 2.22. The lowest BCUT2D eigenvalue weighted by Crippen LogP contribution is -2.03. The first kappa shape index (κ1) is 18.3. The van der Waals surface area contributed by atoms with E-state index in [0.29, 0.717) is 19.4 Å². The maximum atomic E-state index is 11.0. The van der Waals surface area contributed by atoms with Crippen LogP contribution in [0.3, 0.4) is 0 Å². The summed E-state index contributed by atoms with van der Waals surface area (Å²) in [6.07, 6.45) is 6.35. The second-order valence-corrected chi connectivity index (χ2v) is 3.77. The first-order chi connectivity index (χ1) is 8.16. The molecule has 0 spiro atoms. The van der Waals surface area contributed by atoms with Crippen LogP contribution in [0.5, 0.6) is 0 Å². The molecule has 0 unspecified atom stereocenters. The highest BCUT2D eigenvalue weighted by Gasteiger charge is 2.00. The number of ketones is 1. The van der Waals surface area contributed by atoms with E-state index in [1.165, 1.54) is 0 Å². The summed E-state index contributed by atoms with van der Waals surface area (Å²) < 4.78 is 4.82. The number of hydrogen-bond acceptors (Lipinski definition) is 3. The number of Topliss-reactive ketones (excluding diaryl/α,β-unsaturated/α-hetero) is 1. The van der Waals surface area contributed by atoms with Crippen LogP contribution in [0.15, 0.2) is 13.2 Å². The van der Waals surface area contributed by atoms with Crippen molar-refractivity contribution >= 4 is 11.8 Å². The van der Waals surface area contributed by atoms with Crippen molar-refractivity contribution in [3.05, 3.63) is 13.2 Å². The van der Waals surface area contributed by atoms with Crippen LogP contribution in [-0.2, 0) is 14.3 Å². The topological polar surface area (TPSA) is 43.4 Å². The highest BCUT2D eigenvalue weighted by atomic mass is 16.5. The average molecular weight is 242 g/mol. The van der Waals surface area contributed by atoms with E-state index in [4.69, 9.17) is 4.74 Å². The van der Waals surface area contributed by atoms with Gasteiger partial charge in [0.25, 0.3) is 0 Å². The molecule has 0 aliphatic rings. The SMILES string of the molecule is C=C.CCOC(=O)CCCCCCCC(C)=O. The van der Waals surface area contributed by atoms with Crippen LogP contribution in [0.25, 0.3) is 0 Å². The molecule has 0 bridgehead atoms. The standard InChI is InChI=1S/C12H22O3.C2H4/c1-3-15-12(14)10-8-6-4-5-7-9-11(2)13;1-2/h3-10H2,1-2H3;1-2H2. The first-order valence-corrected chi connectivity index (χ1v) is 6.32. The summed E-state index contributed by atoms with van der Waals surface area (Å²) in [6, 6.07) is 0. The maximum absolute atomic E-state index is 11.0. The molecule has 100 valence electrons. The van der Waals surface area contributed by atoms with E-state index in [1.807, 2.05) is 6.92 Å². The molecule has 0 saturated heterocycles. The largest absolute Gasteiger partial charge is 0.466 e. The molecule has 0 atom stereocenters. The van der Waals surface area contributed by atoms with E-state index < -0.39 is 0 Å². The summed E-state index contributed by atoms with van der Waals surface area (Å²) in [5.41, 5.74) is 0. The van der Waals surface area contributed by atoms with Gasteiger partial charge in [0.15, 0.2) is 0 Å². The molecule has 3 nitrogen and oxygen atoms in total. The fourth-order valence-corrected chi connectivity index (χ4v) is 1.41. The molecular formula is C14H26O3. The van der Waals surface area contributed by atoms with Gasteiger partial charge in [-0.15, -0.1) is 13.2 Å². The smallest absolute Gasteiger partial charge is 0.305 e. The van der Waals surface area contributed by atoms with Gasteiger partial charge < -0.3 is 9.53 Å². The fourth-order valence-electron chi connectivity index (χ4n) is 1.41. The molecule has 0 aliphatic heterocycles. The number of carbonyl (C=O) groups is 2. The Morgan fingerprint density at radius 1 is 0.941 bits per heavy atom. The van der Waals surface area contributed by atoms with Gasteiger partial charge >= 0.3 is 5.97 Å². The van der Waals surface area contributed by atoms with Crippen LogP contribution in [-0.4, -0.2) is 18.4 Å². The van der Waals surface area contributed by atoms with E-state index in [0.717, 1.165) is 32.1 Å². The second-order valence-electron chi connectivity index (χ2n) is 3.77. The molecule has 0 fully saturated rings. The van der Waals surface area contributed by atoms with Gasteiger partial charge in [0.1, 0.15) is 5.78 Å². The highest BCUT2D eigenvalue weighted by molar-refractivity contribution is 5.75. The van der Waals surface area contributed by atoms with Crippen molar-refractivity contribution in [2.45, 2.75) is 58.8 Å². The average Bonchev–Trinajstić information content (AvgIpc) is 2.30. The normalized spacial score (nSPS) is 9.06. The molecule has 0 saturated carbocycles. The van der Waals surface area contributed by atoms with Crippen molar-refractivity contribution in [3.8, 4) is 0 Å². The van der Waals surface area contributed by atoms with E-state index in [-0.39, 0.29) is 11.8 Å². The van der Waals surface area contributed by atoms with E-state index in [1.54, 1.807) is 6.92 Å². The molecule has 3 heteroatoms. The zero-order valence-electron chi connectivity index (χ0n) is 11.3. The van der Waals surface area contributed by atoms with Gasteiger partial charge in [-0.05, 0) is 26.7 Å². The first-order valence-electron chi connectivity index (χ1n) is 6.32. The number of esters is 1. The highest BCUT2D eigenvalue weighted by Crippen LogP contribution is 2.07. The number of rotatable bonds is 9. The van der Waals surface area contributed by atoms with Gasteiger partial charge in [0.2, 0.25) is 0 Å². The maximum Gasteiger partial charge on any atom is 0.305 e. The third-order valence-corrected chi connectivity index (χ3v) is 2.22. The van der Waals surface area contributed by atoms with Crippen LogP contribution in [0.2, 0.25) is 0 Å². The van der Waals surface area contributed by atoms with Crippen LogP contribution >= 0.6 is 0 Å². The van der Waals surface area contributed by atoms with Crippen molar-refractivity contribution in [3.63, 3.8) is 0 Å². The van der Waals surface area contributed by atoms with Gasteiger partial charge in [-0.2, -0.15) is 0 Å². The van der Waals surface area contributed by atoms with Crippen molar-refractivity contribution < 1.29 is 14.3 Å². The second kappa shape index (κ2) is 14.9. The summed E-state index contributed by atoms with van der Waals surface area (Å²) >= 11 is 0. The Balaban J connectivity index is 0. The van der Waals surface area contributed by atoms with Crippen LogP contribution in [0, 0.1) is 0 Å². The number of carbonyl (C=O) groups excluding carboxylic acids is 2. The van der Waals surface area contributed by atoms with Gasteiger partial charge in [0.05, 0.1) is 6.61 Å². The lowest BCUT2D eigenvalue weighted by Gasteiger charge is -2.01. The quantitative estimate of drug-likeness (QED) is 0.352. The third kappa shape index (κ3) is 17.5. The van der Waals surface area contributed by atoms with E-state index in [9.17, 15) is 9.59 Å². The Bertz CT molecular complexity index is 200. The number of ether oxygens (including phenoxy) is 1. The molecule has 17 heavy (non-hydrogen) atoms. The Labute approximate surface area is 105 Å². The van der Waals surface area contributed by atoms with E-state index >= 15 is 0 Å². The molecule has 0 aromatic heterocycles. The van der Waals surface area contributed by atoms with Gasteiger partial charge in [-0.1, -0.05) is 19.3 Å². The predicted octanol–water partition coefficient (Wildman–Crippen LogP) is 3.67. The van der Waals surface area contributed by atoms with Crippen LogP contribution < -0.4 is 0 Å². The molecule has 0 aromatic carbocycles. The zero-order valence-corrected chi connectivity index (χ0v) is 11.3. The predicted molar refractivity (Wildman–Crippen MR) is 70.9 cm³/mol. The molecular weight excluding hydrogens is 216 g/mol. The fraction of sp³-hybridized carbons (Fsp3) is 0.714. The molecule has 0 rings (SSSR count). The number of unbranched alkanes of at least 4 members (excludes halogenated alkanes) is 4.